The fourth-order valence-electron chi connectivity index (χ4n) is 2.27. The molecule has 0 saturated carbocycles. The Morgan fingerprint density at radius 3 is 2.50 bits per heavy atom. The molecule has 4 heteroatoms. The second-order valence-electron chi connectivity index (χ2n) is 4.08. The number of nitrogens with zero attached hydrogens (tertiary/aromatic N) is 1. The minimum Gasteiger partial charge on any atom is -0.507 e. The molecule has 3 rings (SSSR count). The SMILES string of the molecule is O=[N+]([O-])c1c2ccccc2cc2cccc(O)c12. The molecule has 1 N–H and O–H groups in total. The molecule has 4 nitrogen and oxygen atoms in total. The molecule has 0 saturated heterocycles. The third-order valence-corrected chi connectivity index (χ3v) is 3.02. The van der Waals surface area contributed by atoms with E-state index in [1.165, 1.54) is 6.07 Å². The predicted octanol–water partition coefficient (Wildman–Crippen LogP) is 3.61. The van der Waals surface area contributed by atoms with Gasteiger partial charge in [0.05, 0.1) is 10.3 Å². The molecule has 0 bridgehead atoms. The first kappa shape index (κ1) is 10.5. The van der Waals surface area contributed by atoms with E-state index in [0.717, 1.165) is 5.39 Å². The van der Waals surface area contributed by atoms with E-state index in [4.69, 9.17) is 0 Å². The van der Waals surface area contributed by atoms with Gasteiger partial charge in [-0.25, -0.2) is 0 Å². The zero-order valence-corrected chi connectivity index (χ0v) is 9.33. The molecule has 0 spiro atoms. The number of nitro benzene ring substituents is 1. The summed E-state index contributed by atoms with van der Waals surface area (Å²) in [5.74, 6) is -0.0649. The van der Waals surface area contributed by atoms with Crippen molar-refractivity contribution in [3.05, 3.63) is 58.6 Å². The van der Waals surface area contributed by atoms with Crippen LogP contribution in [0, 0.1) is 10.1 Å². The van der Waals surface area contributed by atoms with Gasteiger partial charge in [-0.3, -0.25) is 10.1 Å². The minimum atomic E-state index is -0.440. The molecular formula is C14H9NO3. The molecule has 3 aromatic carbocycles. The van der Waals surface area contributed by atoms with Crippen molar-refractivity contribution < 1.29 is 10.0 Å². The molecule has 0 amide bonds. The van der Waals surface area contributed by atoms with Crippen LogP contribution in [0.1, 0.15) is 0 Å². The highest BCUT2D eigenvalue weighted by Gasteiger charge is 2.19. The van der Waals surface area contributed by atoms with Crippen molar-refractivity contribution in [3.8, 4) is 5.75 Å². The number of rotatable bonds is 1. The topological polar surface area (TPSA) is 63.4 Å². The van der Waals surface area contributed by atoms with Crippen molar-refractivity contribution >= 4 is 27.2 Å². The van der Waals surface area contributed by atoms with E-state index in [2.05, 4.69) is 0 Å². The molecule has 88 valence electrons. The van der Waals surface area contributed by atoms with E-state index in [9.17, 15) is 15.2 Å². The van der Waals surface area contributed by atoms with Crippen LogP contribution < -0.4 is 0 Å². The van der Waals surface area contributed by atoms with Gasteiger partial charge in [-0.1, -0.05) is 30.3 Å². The molecule has 0 fully saturated rings. The quantitative estimate of drug-likeness (QED) is 0.401. The van der Waals surface area contributed by atoms with Crippen LogP contribution in [0.4, 0.5) is 5.69 Å². The van der Waals surface area contributed by atoms with Gasteiger partial charge in [0.1, 0.15) is 11.1 Å². The van der Waals surface area contributed by atoms with Gasteiger partial charge in [-0.2, -0.15) is 0 Å². The second kappa shape index (κ2) is 3.70. The number of non-ortho nitro benzene ring substituents is 1. The number of hydrogen-bond donors (Lipinski definition) is 1. The molecule has 0 heterocycles. The summed E-state index contributed by atoms with van der Waals surface area (Å²) in [6, 6.07) is 13.8. The molecule has 3 aromatic rings. The molecule has 0 aliphatic heterocycles. The molecule has 0 aromatic heterocycles. The number of nitro groups is 1. The lowest BCUT2D eigenvalue weighted by atomic mass is 10.0. The summed E-state index contributed by atoms with van der Waals surface area (Å²) >= 11 is 0. The van der Waals surface area contributed by atoms with Gasteiger partial charge in [0.25, 0.3) is 5.69 Å². The normalized spacial score (nSPS) is 10.9. The van der Waals surface area contributed by atoms with Crippen LogP contribution >= 0.6 is 0 Å². The van der Waals surface area contributed by atoms with Crippen LogP contribution in [-0.4, -0.2) is 10.0 Å². The first-order valence-electron chi connectivity index (χ1n) is 5.46. The van der Waals surface area contributed by atoms with Crippen molar-refractivity contribution in [2.45, 2.75) is 0 Å². The van der Waals surface area contributed by atoms with Crippen LogP contribution in [0.25, 0.3) is 21.5 Å². The maximum absolute atomic E-state index is 11.3. The lowest BCUT2D eigenvalue weighted by Gasteiger charge is -2.06. The molecule has 18 heavy (non-hydrogen) atoms. The molecule has 0 aliphatic rings. The van der Waals surface area contributed by atoms with Crippen LogP contribution in [0.5, 0.6) is 5.75 Å². The third-order valence-electron chi connectivity index (χ3n) is 3.02. The summed E-state index contributed by atoms with van der Waals surface area (Å²) in [6.07, 6.45) is 0. The lowest BCUT2D eigenvalue weighted by molar-refractivity contribution is -0.381. The smallest absolute Gasteiger partial charge is 0.288 e. The molecule has 0 aliphatic carbocycles. The average Bonchev–Trinajstić information content (AvgIpc) is 2.36. The van der Waals surface area contributed by atoms with Gasteiger partial charge in [0.15, 0.2) is 0 Å². The molecule has 0 atom stereocenters. The Labute approximate surface area is 102 Å². The Bertz CT molecular complexity index is 780. The summed E-state index contributed by atoms with van der Waals surface area (Å²) in [6.45, 7) is 0. The van der Waals surface area contributed by atoms with Gasteiger partial charge in [0.2, 0.25) is 0 Å². The summed E-state index contributed by atoms with van der Waals surface area (Å²) in [4.78, 5) is 10.8. The zero-order chi connectivity index (χ0) is 12.7. The van der Waals surface area contributed by atoms with E-state index in [1.54, 1.807) is 24.3 Å². The standard InChI is InChI=1S/C14H9NO3/c16-12-7-3-5-10-8-9-4-1-2-6-11(9)14(13(10)12)15(17)18/h1-8,16H. The number of aromatic hydroxyl groups is 1. The van der Waals surface area contributed by atoms with Crippen LogP contribution in [0.15, 0.2) is 48.5 Å². The van der Waals surface area contributed by atoms with Crippen molar-refractivity contribution in [1.82, 2.24) is 0 Å². The van der Waals surface area contributed by atoms with E-state index in [0.29, 0.717) is 16.2 Å². The van der Waals surface area contributed by atoms with Gasteiger partial charge < -0.3 is 5.11 Å². The highest BCUT2D eigenvalue weighted by molar-refractivity contribution is 6.10. The Morgan fingerprint density at radius 1 is 1.00 bits per heavy atom. The molecule has 0 radical (unpaired) electrons. The first-order valence-corrected chi connectivity index (χ1v) is 5.46. The van der Waals surface area contributed by atoms with Crippen molar-refractivity contribution in [2.75, 3.05) is 0 Å². The summed E-state index contributed by atoms with van der Waals surface area (Å²) in [5.41, 5.74) is -0.0406. The third kappa shape index (κ3) is 1.39. The average molecular weight is 239 g/mol. The second-order valence-corrected chi connectivity index (χ2v) is 4.08. The van der Waals surface area contributed by atoms with Gasteiger partial charge in [-0.05, 0) is 29.0 Å². The molecular weight excluding hydrogens is 230 g/mol. The van der Waals surface area contributed by atoms with Crippen LogP contribution in [0.2, 0.25) is 0 Å². The summed E-state index contributed by atoms with van der Waals surface area (Å²) in [5, 5.41) is 23.4. The van der Waals surface area contributed by atoms with E-state index >= 15 is 0 Å². The van der Waals surface area contributed by atoms with E-state index < -0.39 is 4.92 Å². The number of phenols is 1. The predicted molar refractivity (Wildman–Crippen MR) is 69.8 cm³/mol. The van der Waals surface area contributed by atoms with Gasteiger partial charge in [-0.15, -0.1) is 0 Å². The number of hydrogen-bond acceptors (Lipinski definition) is 3. The first-order chi connectivity index (χ1) is 8.68. The number of fused-ring (bicyclic) bond motifs is 2. The number of benzene rings is 3. The van der Waals surface area contributed by atoms with Crippen LogP contribution in [0.3, 0.4) is 0 Å². The summed E-state index contributed by atoms with van der Waals surface area (Å²) in [7, 11) is 0. The maximum Gasteiger partial charge on any atom is 0.288 e. The van der Waals surface area contributed by atoms with Crippen molar-refractivity contribution in [2.24, 2.45) is 0 Å². The summed E-state index contributed by atoms with van der Waals surface area (Å²) < 4.78 is 0. The largest absolute Gasteiger partial charge is 0.507 e. The highest BCUT2D eigenvalue weighted by atomic mass is 16.6. The van der Waals surface area contributed by atoms with Crippen molar-refractivity contribution in [3.63, 3.8) is 0 Å². The Hall–Kier alpha value is -2.62. The van der Waals surface area contributed by atoms with Crippen molar-refractivity contribution in [1.29, 1.82) is 0 Å². The van der Waals surface area contributed by atoms with E-state index in [1.807, 2.05) is 18.2 Å². The molecule has 0 unspecified atom stereocenters. The lowest BCUT2D eigenvalue weighted by Crippen LogP contribution is -1.92. The monoisotopic (exact) mass is 239 g/mol. The highest BCUT2D eigenvalue weighted by Crippen LogP contribution is 2.38. The fourth-order valence-corrected chi connectivity index (χ4v) is 2.27. The number of phenolic OH excluding ortho intramolecular Hbond substituents is 1. The Balaban J connectivity index is 2.64. The van der Waals surface area contributed by atoms with E-state index in [-0.39, 0.29) is 11.4 Å². The fraction of sp³-hybridized carbons (Fsp3) is 0. The Kier molecular flexibility index (Phi) is 2.16. The Morgan fingerprint density at radius 2 is 1.72 bits per heavy atom. The van der Waals surface area contributed by atoms with Gasteiger partial charge >= 0.3 is 0 Å². The maximum atomic E-state index is 11.3. The van der Waals surface area contributed by atoms with Crippen LogP contribution in [-0.2, 0) is 0 Å². The van der Waals surface area contributed by atoms with Gasteiger partial charge in [0, 0.05) is 0 Å². The minimum absolute atomic E-state index is 0.0406. The zero-order valence-electron chi connectivity index (χ0n) is 9.33.